The van der Waals surface area contributed by atoms with Crippen LogP contribution in [0.1, 0.15) is 16.8 Å². The monoisotopic (exact) mass is 289 g/mol. The predicted octanol–water partition coefficient (Wildman–Crippen LogP) is -0.134. The van der Waals surface area contributed by atoms with Gasteiger partial charge in [-0.25, -0.2) is 4.79 Å². The minimum absolute atomic E-state index is 0.0110. The van der Waals surface area contributed by atoms with Crippen molar-refractivity contribution < 1.29 is 5.11 Å². The Labute approximate surface area is 122 Å². The fourth-order valence-electron chi connectivity index (χ4n) is 2.12. The maximum Gasteiger partial charge on any atom is 0.330 e. The second-order valence-electron chi connectivity index (χ2n) is 4.96. The molecule has 0 amide bonds. The average Bonchev–Trinajstić information content (AvgIpc) is 2.50. The molecule has 0 saturated heterocycles. The van der Waals surface area contributed by atoms with Crippen molar-refractivity contribution in [1.82, 2.24) is 14.5 Å². The van der Waals surface area contributed by atoms with Crippen molar-refractivity contribution in [2.24, 2.45) is 14.1 Å². The Morgan fingerprint density at radius 3 is 2.48 bits per heavy atom. The lowest BCUT2D eigenvalue weighted by molar-refractivity contribution is 0.281. The summed E-state index contributed by atoms with van der Waals surface area (Å²) in [5.41, 5.74) is 1.89. The van der Waals surface area contributed by atoms with Crippen LogP contribution in [0, 0.1) is 0 Å². The van der Waals surface area contributed by atoms with E-state index in [1.165, 1.54) is 17.7 Å². The van der Waals surface area contributed by atoms with Gasteiger partial charge < -0.3 is 10.4 Å². The molecule has 0 unspecified atom stereocenters. The third-order valence-corrected chi connectivity index (χ3v) is 3.43. The van der Waals surface area contributed by atoms with E-state index in [-0.39, 0.29) is 17.9 Å². The number of aliphatic hydroxyl groups excluding tert-OH is 1. The van der Waals surface area contributed by atoms with E-state index in [1.807, 2.05) is 24.3 Å². The lowest BCUT2D eigenvalue weighted by Gasteiger charge is -2.11. The largest absolute Gasteiger partial charge is 0.392 e. The summed E-state index contributed by atoms with van der Waals surface area (Å²) in [5.74, 6) is 0. The van der Waals surface area contributed by atoms with E-state index >= 15 is 0 Å². The number of rotatable bonds is 5. The first-order valence-corrected chi connectivity index (χ1v) is 6.68. The van der Waals surface area contributed by atoms with Gasteiger partial charge in [0, 0.05) is 38.9 Å². The SMILES string of the molecule is Cn1c(CNCc2cccc(CO)c2)cc(=O)n(C)c1=O. The number of hydrogen-bond donors (Lipinski definition) is 2. The number of aliphatic hydroxyl groups is 1. The molecule has 0 aliphatic heterocycles. The summed E-state index contributed by atoms with van der Waals surface area (Å²) >= 11 is 0. The van der Waals surface area contributed by atoms with Gasteiger partial charge in [-0.3, -0.25) is 13.9 Å². The second kappa shape index (κ2) is 6.51. The highest BCUT2D eigenvalue weighted by atomic mass is 16.3. The van der Waals surface area contributed by atoms with E-state index in [2.05, 4.69) is 5.32 Å². The summed E-state index contributed by atoms with van der Waals surface area (Å²) in [6.45, 7) is 1.03. The van der Waals surface area contributed by atoms with Gasteiger partial charge >= 0.3 is 5.69 Å². The second-order valence-corrected chi connectivity index (χ2v) is 4.96. The molecule has 0 atom stereocenters. The minimum Gasteiger partial charge on any atom is -0.392 e. The Morgan fingerprint density at radius 2 is 1.76 bits per heavy atom. The molecular weight excluding hydrogens is 270 g/mol. The molecule has 1 heterocycles. The first-order chi connectivity index (χ1) is 10.0. The molecule has 1 aromatic carbocycles. The van der Waals surface area contributed by atoms with Crippen molar-refractivity contribution in [3.05, 3.63) is 68.0 Å². The Bertz CT molecular complexity index is 747. The van der Waals surface area contributed by atoms with Crippen molar-refractivity contribution in [3.8, 4) is 0 Å². The molecule has 2 rings (SSSR count). The maximum absolute atomic E-state index is 11.8. The van der Waals surface area contributed by atoms with Crippen molar-refractivity contribution in [1.29, 1.82) is 0 Å². The fourth-order valence-corrected chi connectivity index (χ4v) is 2.12. The van der Waals surface area contributed by atoms with E-state index in [0.29, 0.717) is 18.8 Å². The Balaban J connectivity index is 2.07. The fraction of sp³-hybridized carbons (Fsp3) is 0.333. The van der Waals surface area contributed by atoms with E-state index in [1.54, 1.807) is 7.05 Å². The molecule has 6 heteroatoms. The lowest BCUT2D eigenvalue weighted by atomic mass is 10.1. The number of nitrogens with one attached hydrogen (secondary N) is 1. The van der Waals surface area contributed by atoms with Gasteiger partial charge in [0.15, 0.2) is 0 Å². The Morgan fingerprint density at radius 1 is 1.05 bits per heavy atom. The van der Waals surface area contributed by atoms with Crippen molar-refractivity contribution in [2.75, 3.05) is 0 Å². The van der Waals surface area contributed by atoms with Gasteiger partial charge in [-0.1, -0.05) is 24.3 Å². The Kier molecular flexibility index (Phi) is 4.72. The van der Waals surface area contributed by atoms with Crippen LogP contribution in [0.5, 0.6) is 0 Å². The molecule has 0 bridgehead atoms. The Hall–Kier alpha value is -2.18. The third kappa shape index (κ3) is 3.48. The summed E-state index contributed by atoms with van der Waals surface area (Å²) in [7, 11) is 3.10. The molecule has 0 saturated carbocycles. The van der Waals surface area contributed by atoms with Crippen molar-refractivity contribution in [3.63, 3.8) is 0 Å². The third-order valence-electron chi connectivity index (χ3n) is 3.43. The molecule has 0 aliphatic rings. The van der Waals surface area contributed by atoms with Crippen molar-refractivity contribution in [2.45, 2.75) is 19.7 Å². The standard InChI is InChI=1S/C15H19N3O3/c1-17-13(7-14(20)18(2)15(17)21)9-16-8-11-4-3-5-12(6-11)10-19/h3-7,16,19H,8-10H2,1-2H3. The number of benzene rings is 1. The van der Waals surface area contributed by atoms with Gasteiger partial charge in [0.25, 0.3) is 5.56 Å². The molecule has 2 N–H and O–H groups in total. The molecule has 0 fully saturated rings. The molecular formula is C15H19N3O3. The molecule has 2 aromatic rings. The van der Waals surface area contributed by atoms with Crippen LogP contribution in [0.3, 0.4) is 0 Å². The number of hydrogen-bond acceptors (Lipinski definition) is 4. The molecule has 0 aliphatic carbocycles. The maximum atomic E-state index is 11.8. The molecule has 21 heavy (non-hydrogen) atoms. The summed E-state index contributed by atoms with van der Waals surface area (Å²) in [4.78, 5) is 23.4. The van der Waals surface area contributed by atoms with Gasteiger partial charge in [0.2, 0.25) is 0 Å². The highest BCUT2D eigenvalue weighted by Gasteiger charge is 2.05. The van der Waals surface area contributed by atoms with Gasteiger partial charge in [0.05, 0.1) is 6.61 Å². The summed E-state index contributed by atoms with van der Waals surface area (Å²) in [6.07, 6.45) is 0. The zero-order valence-corrected chi connectivity index (χ0v) is 12.2. The quantitative estimate of drug-likeness (QED) is 0.804. The zero-order chi connectivity index (χ0) is 15.4. The molecule has 6 nitrogen and oxygen atoms in total. The highest BCUT2D eigenvalue weighted by Crippen LogP contribution is 2.05. The van der Waals surface area contributed by atoms with Gasteiger partial charge in [-0.15, -0.1) is 0 Å². The first kappa shape index (κ1) is 15.2. The van der Waals surface area contributed by atoms with E-state index < -0.39 is 0 Å². The summed E-state index contributed by atoms with van der Waals surface area (Å²) in [5, 5.41) is 12.3. The van der Waals surface area contributed by atoms with Crippen molar-refractivity contribution >= 4 is 0 Å². The number of nitrogens with zero attached hydrogens (tertiary/aromatic N) is 2. The molecule has 0 radical (unpaired) electrons. The minimum atomic E-state index is -0.332. The summed E-state index contributed by atoms with van der Waals surface area (Å²) in [6, 6.07) is 9.06. The number of aromatic nitrogens is 2. The summed E-state index contributed by atoms with van der Waals surface area (Å²) < 4.78 is 2.53. The normalized spacial score (nSPS) is 10.8. The topological polar surface area (TPSA) is 76.3 Å². The van der Waals surface area contributed by atoms with Crippen LogP contribution in [0.2, 0.25) is 0 Å². The van der Waals surface area contributed by atoms with E-state index in [4.69, 9.17) is 5.11 Å². The predicted molar refractivity (Wildman–Crippen MR) is 79.8 cm³/mol. The van der Waals surface area contributed by atoms with E-state index in [0.717, 1.165) is 15.7 Å². The molecule has 112 valence electrons. The van der Waals surface area contributed by atoms with Gasteiger partial charge in [-0.2, -0.15) is 0 Å². The average molecular weight is 289 g/mol. The van der Waals surface area contributed by atoms with Crippen LogP contribution in [0.4, 0.5) is 0 Å². The first-order valence-electron chi connectivity index (χ1n) is 6.68. The van der Waals surface area contributed by atoms with Gasteiger partial charge in [-0.05, 0) is 11.1 Å². The van der Waals surface area contributed by atoms with E-state index in [9.17, 15) is 9.59 Å². The molecule has 1 aromatic heterocycles. The van der Waals surface area contributed by atoms with Crippen LogP contribution < -0.4 is 16.6 Å². The van der Waals surface area contributed by atoms with Crippen LogP contribution in [0.25, 0.3) is 0 Å². The van der Waals surface area contributed by atoms with Crippen LogP contribution in [0.15, 0.2) is 39.9 Å². The van der Waals surface area contributed by atoms with Gasteiger partial charge in [0.1, 0.15) is 0 Å². The smallest absolute Gasteiger partial charge is 0.330 e. The van der Waals surface area contributed by atoms with Crippen LogP contribution in [-0.4, -0.2) is 14.2 Å². The molecule has 0 spiro atoms. The highest BCUT2D eigenvalue weighted by molar-refractivity contribution is 5.22. The van der Waals surface area contributed by atoms with Crippen LogP contribution in [-0.2, 0) is 33.8 Å². The van der Waals surface area contributed by atoms with Crippen LogP contribution >= 0.6 is 0 Å². The zero-order valence-electron chi connectivity index (χ0n) is 12.2. The lowest BCUT2D eigenvalue weighted by Crippen LogP contribution is -2.38.